The highest BCUT2D eigenvalue weighted by molar-refractivity contribution is 6.03. The van der Waals surface area contributed by atoms with E-state index in [1.165, 1.54) is 0 Å². The number of hydrogen-bond acceptors (Lipinski definition) is 3. The van der Waals surface area contributed by atoms with E-state index in [-0.39, 0.29) is 5.91 Å². The molecule has 0 bridgehead atoms. The summed E-state index contributed by atoms with van der Waals surface area (Å²) in [4.78, 5) is 12.0. The van der Waals surface area contributed by atoms with Crippen molar-refractivity contribution < 1.29 is 9.21 Å². The van der Waals surface area contributed by atoms with Crippen LogP contribution in [0, 0.1) is 19.8 Å². The summed E-state index contributed by atoms with van der Waals surface area (Å²) in [6, 6.07) is 1.84. The van der Waals surface area contributed by atoms with Gasteiger partial charge >= 0.3 is 0 Å². The Kier molecular flexibility index (Phi) is 3.74. The monoisotopic (exact) mass is 261 g/mol. The number of nitrogens with one attached hydrogen (secondary N) is 1. The van der Waals surface area contributed by atoms with Crippen molar-refractivity contribution in [3.63, 3.8) is 0 Å². The van der Waals surface area contributed by atoms with Gasteiger partial charge < -0.3 is 9.73 Å². The normalized spacial score (nSPS) is 11.0. The number of amides is 1. The van der Waals surface area contributed by atoms with Gasteiger partial charge in [-0.15, -0.1) is 0 Å². The molecule has 0 aliphatic carbocycles. The molecule has 0 unspecified atom stereocenters. The third-order valence-corrected chi connectivity index (χ3v) is 2.69. The molecule has 5 nitrogen and oxygen atoms in total. The van der Waals surface area contributed by atoms with E-state index >= 15 is 0 Å². The summed E-state index contributed by atoms with van der Waals surface area (Å²) >= 11 is 0. The molecule has 19 heavy (non-hydrogen) atoms. The first-order valence-corrected chi connectivity index (χ1v) is 6.36. The molecule has 2 rings (SSSR count). The Balaban J connectivity index is 2.07. The van der Waals surface area contributed by atoms with Crippen molar-refractivity contribution in [2.45, 2.75) is 34.2 Å². The molecule has 2 aromatic heterocycles. The zero-order valence-electron chi connectivity index (χ0n) is 11.7. The highest BCUT2D eigenvalue weighted by Gasteiger charge is 2.15. The lowest BCUT2D eigenvalue weighted by molar-refractivity contribution is 0.0994. The van der Waals surface area contributed by atoms with Crippen molar-refractivity contribution in [1.82, 2.24) is 9.78 Å². The third kappa shape index (κ3) is 3.24. The Hall–Kier alpha value is -2.04. The fraction of sp³-hybridized carbons (Fsp3) is 0.429. The second kappa shape index (κ2) is 5.30. The lowest BCUT2D eigenvalue weighted by atomic mass is 10.2. The SMILES string of the molecule is Cc1cc(C)c(C(=O)Nc2cnn(CC(C)C)c2)o1. The summed E-state index contributed by atoms with van der Waals surface area (Å²) in [5.74, 6) is 1.36. The summed E-state index contributed by atoms with van der Waals surface area (Å²) in [6.45, 7) is 8.75. The Morgan fingerprint density at radius 1 is 1.47 bits per heavy atom. The van der Waals surface area contributed by atoms with Gasteiger partial charge in [-0.1, -0.05) is 13.8 Å². The first-order chi connectivity index (χ1) is 8.95. The number of aryl methyl sites for hydroxylation is 2. The molecule has 0 radical (unpaired) electrons. The van der Waals surface area contributed by atoms with Crippen LogP contribution in [0.3, 0.4) is 0 Å². The van der Waals surface area contributed by atoms with Gasteiger partial charge in [-0.05, 0) is 25.8 Å². The van der Waals surface area contributed by atoms with E-state index < -0.39 is 0 Å². The number of rotatable bonds is 4. The Labute approximate surface area is 112 Å². The van der Waals surface area contributed by atoms with E-state index in [4.69, 9.17) is 4.42 Å². The van der Waals surface area contributed by atoms with Crippen LogP contribution in [0.5, 0.6) is 0 Å². The van der Waals surface area contributed by atoms with E-state index in [9.17, 15) is 4.79 Å². The van der Waals surface area contributed by atoms with Crippen molar-refractivity contribution >= 4 is 11.6 Å². The van der Waals surface area contributed by atoms with Crippen molar-refractivity contribution in [2.24, 2.45) is 5.92 Å². The predicted molar refractivity (Wildman–Crippen MR) is 73.2 cm³/mol. The summed E-state index contributed by atoms with van der Waals surface area (Å²) < 4.78 is 7.20. The first kappa shape index (κ1) is 13.4. The second-order valence-corrected chi connectivity index (χ2v) is 5.17. The molecule has 2 heterocycles. The average molecular weight is 261 g/mol. The van der Waals surface area contributed by atoms with Gasteiger partial charge in [0.25, 0.3) is 5.91 Å². The minimum atomic E-state index is -0.241. The number of anilines is 1. The van der Waals surface area contributed by atoms with Gasteiger partial charge in [0.2, 0.25) is 0 Å². The molecule has 0 aliphatic rings. The molecule has 102 valence electrons. The van der Waals surface area contributed by atoms with Crippen LogP contribution in [0.25, 0.3) is 0 Å². The van der Waals surface area contributed by atoms with Crippen LogP contribution in [0.4, 0.5) is 5.69 Å². The molecule has 0 aromatic carbocycles. The van der Waals surface area contributed by atoms with Crippen LogP contribution in [0.2, 0.25) is 0 Å². The van der Waals surface area contributed by atoms with Gasteiger partial charge in [0.15, 0.2) is 5.76 Å². The van der Waals surface area contributed by atoms with Crippen molar-refractivity contribution in [3.05, 3.63) is 35.5 Å². The topological polar surface area (TPSA) is 60.1 Å². The van der Waals surface area contributed by atoms with Crippen molar-refractivity contribution in [3.8, 4) is 0 Å². The zero-order chi connectivity index (χ0) is 14.0. The summed E-state index contributed by atoms with van der Waals surface area (Å²) in [6.07, 6.45) is 3.47. The standard InChI is InChI=1S/C14H19N3O2/c1-9(2)7-17-8-12(6-15-17)16-14(18)13-10(3)5-11(4)19-13/h5-6,8-9H,7H2,1-4H3,(H,16,18). The molecule has 5 heteroatoms. The number of carbonyl (C=O) groups excluding carboxylic acids is 1. The Morgan fingerprint density at radius 3 is 2.79 bits per heavy atom. The second-order valence-electron chi connectivity index (χ2n) is 5.17. The zero-order valence-corrected chi connectivity index (χ0v) is 11.7. The lowest BCUT2D eigenvalue weighted by Gasteiger charge is -2.03. The van der Waals surface area contributed by atoms with E-state index in [1.807, 2.05) is 30.8 Å². The number of carbonyl (C=O) groups is 1. The van der Waals surface area contributed by atoms with Gasteiger partial charge in [-0.3, -0.25) is 9.48 Å². The quantitative estimate of drug-likeness (QED) is 0.920. The molecule has 0 aliphatic heterocycles. The Bertz CT molecular complexity index is 581. The van der Waals surface area contributed by atoms with Crippen LogP contribution >= 0.6 is 0 Å². The number of hydrogen-bond donors (Lipinski definition) is 1. The first-order valence-electron chi connectivity index (χ1n) is 6.36. The van der Waals surface area contributed by atoms with Gasteiger partial charge in [0, 0.05) is 18.3 Å². The summed E-state index contributed by atoms with van der Waals surface area (Å²) in [7, 11) is 0. The molecule has 1 amide bonds. The largest absolute Gasteiger partial charge is 0.456 e. The smallest absolute Gasteiger partial charge is 0.291 e. The van der Waals surface area contributed by atoms with Crippen molar-refractivity contribution in [1.29, 1.82) is 0 Å². The van der Waals surface area contributed by atoms with Gasteiger partial charge in [0.05, 0.1) is 11.9 Å². The highest BCUT2D eigenvalue weighted by atomic mass is 16.3. The number of aromatic nitrogens is 2. The maximum atomic E-state index is 12.0. The number of furan rings is 1. The van der Waals surface area contributed by atoms with E-state index in [2.05, 4.69) is 24.3 Å². The minimum absolute atomic E-state index is 0.241. The van der Waals surface area contributed by atoms with Crippen LogP contribution in [-0.2, 0) is 6.54 Å². The number of nitrogens with zero attached hydrogens (tertiary/aromatic N) is 2. The molecule has 1 N–H and O–H groups in total. The van der Waals surface area contributed by atoms with E-state index in [0.717, 1.165) is 17.9 Å². The van der Waals surface area contributed by atoms with Gasteiger partial charge in [-0.2, -0.15) is 5.10 Å². The van der Waals surface area contributed by atoms with Crippen LogP contribution in [0.1, 0.15) is 35.7 Å². The van der Waals surface area contributed by atoms with Crippen LogP contribution in [0.15, 0.2) is 22.9 Å². The maximum Gasteiger partial charge on any atom is 0.291 e. The molecule has 2 aromatic rings. The van der Waals surface area contributed by atoms with E-state index in [0.29, 0.717) is 17.4 Å². The van der Waals surface area contributed by atoms with Crippen molar-refractivity contribution in [2.75, 3.05) is 5.32 Å². The van der Waals surface area contributed by atoms with Gasteiger partial charge in [-0.25, -0.2) is 0 Å². The molecule has 0 saturated carbocycles. The van der Waals surface area contributed by atoms with Crippen LogP contribution in [-0.4, -0.2) is 15.7 Å². The van der Waals surface area contributed by atoms with Crippen LogP contribution < -0.4 is 5.32 Å². The molecule has 0 saturated heterocycles. The maximum absolute atomic E-state index is 12.0. The Morgan fingerprint density at radius 2 is 2.21 bits per heavy atom. The lowest BCUT2D eigenvalue weighted by Crippen LogP contribution is -2.11. The summed E-state index contributed by atoms with van der Waals surface area (Å²) in [5.41, 5.74) is 1.52. The third-order valence-electron chi connectivity index (χ3n) is 2.69. The fourth-order valence-electron chi connectivity index (χ4n) is 1.96. The molecule has 0 fully saturated rings. The van der Waals surface area contributed by atoms with E-state index in [1.54, 1.807) is 6.20 Å². The molecular weight excluding hydrogens is 242 g/mol. The molecular formula is C14H19N3O2. The predicted octanol–water partition coefficient (Wildman–Crippen LogP) is 3.00. The average Bonchev–Trinajstić information content (AvgIpc) is 2.84. The molecule has 0 spiro atoms. The highest BCUT2D eigenvalue weighted by Crippen LogP contribution is 2.16. The fourth-order valence-corrected chi connectivity index (χ4v) is 1.96. The molecule has 0 atom stereocenters. The summed E-state index contributed by atoms with van der Waals surface area (Å²) in [5, 5.41) is 6.99. The minimum Gasteiger partial charge on any atom is -0.456 e. The van der Waals surface area contributed by atoms with Gasteiger partial charge in [0.1, 0.15) is 5.76 Å².